The lowest BCUT2D eigenvalue weighted by Gasteiger charge is -2.49. The van der Waals surface area contributed by atoms with Gasteiger partial charge in [0.2, 0.25) is 11.9 Å². The summed E-state index contributed by atoms with van der Waals surface area (Å²) in [4.78, 5) is 67.1. The summed E-state index contributed by atoms with van der Waals surface area (Å²) in [6.45, 7) is 12.1. The molecule has 4 unspecified atom stereocenters. The summed E-state index contributed by atoms with van der Waals surface area (Å²) < 4.78 is 22.1. The molecule has 5 N–H and O–H groups in total. The fraction of sp³-hybridized carbons (Fsp3) is 0.696. The average molecular weight is 716 g/mol. The van der Waals surface area contributed by atoms with Crippen LogP contribution in [-0.2, 0) is 27.6 Å². The molecule has 46 heavy (non-hydrogen) atoms. The van der Waals surface area contributed by atoms with E-state index in [0.717, 1.165) is 23.7 Å². The first-order valence-electron chi connectivity index (χ1n) is 15.5. The summed E-state index contributed by atoms with van der Waals surface area (Å²) in [5, 5.41) is 5.50. The SMILES string of the molecule is BNPOC(=O)/N=C(/NC(=O)OPNB)NC1CN(CC2=C(C(=O)OPNB)N3C(=O)C([C@@H](C)O[Si](CC)(CC)CC)[C@H]3[C@H]2C)C1. The van der Waals surface area contributed by atoms with Gasteiger partial charge in [-0.15, -0.1) is 4.99 Å². The van der Waals surface area contributed by atoms with Crippen molar-refractivity contribution in [2.45, 2.75) is 70.9 Å². The molecule has 0 saturated carbocycles. The highest BCUT2D eigenvalue weighted by atomic mass is 31.1. The lowest BCUT2D eigenvalue weighted by Crippen LogP contribution is -2.65. The summed E-state index contributed by atoms with van der Waals surface area (Å²) >= 11 is 0. The van der Waals surface area contributed by atoms with Gasteiger partial charge in [0.1, 0.15) is 32.6 Å². The molecule has 0 spiro atoms. The molecule has 3 rings (SSSR count). The molecule has 3 heterocycles. The molecule has 23 heteroatoms. The normalized spacial score (nSPS) is 23.2. The van der Waals surface area contributed by atoms with Crippen LogP contribution in [0.3, 0.4) is 0 Å². The van der Waals surface area contributed by atoms with E-state index >= 15 is 0 Å². The first kappa shape index (κ1) is 38.8. The quantitative estimate of drug-likeness (QED) is 0.0331. The minimum Gasteiger partial charge on any atom is -0.428 e. The largest absolute Gasteiger partial charge is 0.440 e. The number of likely N-dealkylation sites (tertiary alicyclic amines) is 1. The van der Waals surface area contributed by atoms with E-state index in [4.69, 9.17) is 18.0 Å². The standard InChI is InChI=1S/C23H46B3N8O8P3Si/c1-6-46(7-2,8-3)42-13(5)16-17-12(4)15(18(34(17)19(16)35)20(36)39-43-30-24)11-33-9-14(10-33)27-21(28-22(37)40-44-31-25)29-23(38)41-45-32-26/h12-14,16-17,30-32,43-45H,6-11,24-26H2,1-5H3,(H2,27,28,29,37,38)/t12-,13+,16?,17+/m0/s1. The molecule has 0 aromatic rings. The third-order valence-electron chi connectivity index (χ3n) is 8.71. The smallest absolute Gasteiger partial charge is 0.428 e. The molecule has 0 bridgehead atoms. The number of carbonyl (C=O) groups is 4. The first-order valence-corrected chi connectivity index (χ1v) is 20.7. The Morgan fingerprint density at radius 2 is 1.59 bits per heavy atom. The number of fused-ring (bicyclic) bond motifs is 1. The zero-order valence-electron chi connectivity index (χ0n) is 27.7. The highest BCUT2D eigenvalue weighted by Crippen LogP contribution is 2.49. The van der Waals surface area contributed by atoms with Crippen LogP contribution in [0.4, 0.5) is 9.59 Å². The van der Waals surface area contributed by atoms with Crippen molar-refractivity contribution in [3.8, 4) is 0 Å². The maximum atomic E-state index is 13.6. The van der Waals surface area contributed by atoms with Crippen molar-refractivity contribution >= 4 is 89.2 Å². The first-order chi connectivity index (χ1) is 22.0. The molecular weight excluding hydrogens is 670 g/mol. The van der Waals surface area contributed by atoms with E-state index < -0.39 is 26.5 Å². The van der Waals surface area contributed by atoms with Crippen LogP contribution in [0.15, 0.2) is 16.3 Å². The second-order valence-electron chi connectivity index (χ2n) is 11.3. The van der Waals surface area contributed by atoms with E-state index in [0.29, 0.717) is 25.3 Å². The summed E-state index contributed by atoms with van der Waals surface area (Å²) in [7, 11) is 2.20. The molecule has 16 nitrogen and oxygen atoms in total. The van der Waals surface area contributed by atoms with Crippen molar-refractivity contribution in [3.05, 3.63) is 11.3 Å². The maximum absolute atomic E-state index is 13.6. The van der Waals surface area contributed by atoms with Crippen LogP contribution in [0, 0.1) is 11.8 Å². The molecular formula is C23H46B3N8O8P3Si. The van der Waals surface area contributed by atoms with Crippen LogP contribution < -0.4 is 25.6 Å². The topological polar surface area (TPSA) is 184 Å². The van der Waals surface area contributed by atoms with Gasteiger partial charge in [-0.25, -0.2) is 14.4 Å². The number of hydrogen-bond acceptors (Lipinski definition) is 12. The Morgan fingerprint density at radius 1 is 1.00 bits per heavy atom. The molecule has 3 aliphatic rings. The Morgan fingerprint density at radius 3 is 2.17 bits per heavy atom. The third-order valence-corrected chi connectivity index (χ3v) is 14.9. The van der Waals surface area contributed by atoms with E-state index in [1.54, 1.807) is 28.8 Å². The van der Waals surface area contributed by atoms with Crippen LogP contribution in [0.1, 0.15) is 34.6 Å². The van der Waals surface area contributed by atoms with Gasteiger partial charge < -0.3 is 43.2 Å². The van der Waals surface area contributed by atoms with Crippen LogP contribution in [0.5, 0.6) is 0 Å². The van der Waals surface area contributed by atoms with E-state index in [1.165, 1.54) is 0 Å². The van der Waals surface area contributed by atoms with Gasteiger partial charge in [-0.3, -0.25) is 15.0 Å². The number of aliphatic imine (C=N–C) groups is 1. The van der Waals surface area contributed by atoms with Gasteiger partial charge in [0.15, 0.2) is 32.3 Å². The number of β-lactam (4-membered cyclic amide) rings is 1. The van der Waals surface area contributed by atoms with Crippen molar-refractivity contribution in [1.82, 2.24) is 35.4 Å². The fourth-order valence-corrected chi connectivity index (χ4v) is 9.90. The Bertz CT molecular complexity index is 1180. The van der Waals surface area contributed by atoms with E-state index in [-0.39, 0.29) is 68.8 Å². The Balaban J connectivity index is 1.73. The fourth-order valence-electron chi connectivity index (χ4n) is 6.19. The molecule has 2 fully saturated rings. The van der Waals surface area contributed by atoms with Gasteiger partial charge >= 0.3 is 18.2 Å². The predicted molar refractivity (Wildman–Crippen MR) is 191 cm³/mol. The summed E-state index contributed by atoms with van der Waals surface area (Å²) in [6.07, 6.45) is -1.91. The number of guanidine groups is 1. The molecule has 0 aromatic heterocycles. The van der Waals surface area contributed by atoms with Crippen molar-refractivity contribution in [3.63, 3.8) is 0 Å². The van der Waals surface area contributed by atoms with Gasteiger partial charge in [0.25, 0.3) is 0 Å². The van der Waals surface area contributed by atoms with Gasteiger partial charge in [0.05, 0.1) is 24.1 Å². The van der Waals surface area contributed by atoms with Crippen LogP contribution in [0.25, 0.3) is 0 Å². The summed E-state index contributed by atoms with van der Waals surface area (Å²) in [5.74, 6) is -1.12. The lowest BCUT2D eigenvalue weighted by molar-refractivity contribution is -0.161. The monoisotopic (exact) mass is 716 g/mol. The summed E-state index contributed by atoms with van der Waals surface area (Å²) in [6, 6.07) is 2.62. The molecule has 0 radical (unpaired) electrons. The molecule has 7 atom stereocenters. The van der Waals surface area contributed by atoms with Gasteiger partial charge in [-0.05, 0) is 30.6 Å². The Kier molecular flexibility index (Phi) is 15.4. The minimum atomic E-state index is -1.95. The zero-order valence-corrected chi connectivity index (χ0v) is 31.7. The average Bonchev–Trinajstić information content (AvgIpc) is 3.26. The number of rotatable bonds is 16. The van der Waals surface area contributed by atoms with Crippen molar-refractivity contribution in [2.75, 3.05) is 19.6 Å². The number of nitrogens with zero attached hydrogens (tertiary/aromatic N) is 3. The Labute approximate surface area is 280 Å². The molecule has 0 aliphatic carbocycles. The van der Waals surface area contributed by atoms with Crippen LogP contribution in [-0.4, -0.2) is 110 Å². The Hall–Kier alpha value is -1.61. The van der Waals surface area contributed by atoms with Crippen molar-refractivity contribution in [1.29, 1.82) is 0 Å². The van der Waals surface area contributed by atoms with Crippen molar-refractivity contribution < 1.29 is 37.2 Å². The number of nitrogens with one attached hydrogen (secondary N) is 5. The summed E-state index contributed by atoms with van der Waals surface area (Å²) in [5.41, 5.74) is 1.17. The van der Waals surface area contributed by atoms with Gasteiger partial charge in [-0.1, -0.05) is 27.7 Å². The zero-order chi connectivity index (χ0) is 34.0. The van der Waals surface area contributed by atoms with E-state index in [9.17, 15) is 19.2 Å². The maximum Gasteiger partial charge on any atom is 0.440 e. The second kappa shape index (κ2) is 18.2. The second-order valence-corrected chi connectivity index (χ2v) is 18.7. The van der Waals surface area contributed by atoms with E-state index in [1.807, 2.05) is 6.92 Å². The van der Waals surface area contributed by atoms with Crippen LogP contribution in [0.2, 0.25) is 18.1 Å². The number of amides is 3. The minimum absolute atomic E-state index is 0.0773. The molecule has 2 saturated heterocycles. The number of hydrogen-bond donors (Lipinski definition) is 5. The third kappa shape index (κ3) is 9.30. The number of carbonyl (C=O) groups excluding carboxylic acids is 4. The van der Waals surface area contributed by atoms with Crippen LogP contribution >= 0.6 is 26.9 Å². The van der Waals surface area contributed by atoms with E-state index in [2.05, 4.69) is 63.2 Å². The molecule has 3 amide bonds. The van der Waals surface area contributed by atoms with Gasteiger partial charge in [-0.2, -0.15) is 0 Å². The molecule has 0 aromatic carbocycles. The molecule has 3 aliphatic heterocycles. The highest BCUT2D eigenvalue weighted by Gasteiger charge is 2.61. The highest BCUT2D eigenvalue weighted by molar-refractivity contribution is 7.32. The molecule has 254 valence electrons. The van der Waals surface area contributed by atoms with Crippen molar-refractivity contribution in [2.24, 2.45) is 16.8 Å². The lowest BCUT2D eigenvalue weighted by atomic mass is 9.77. The van der Waals surface area contributed by atoms with Gasteiger partial charge in [0, 0.05) is 25.6 Å². The predicted octanol–water partition coefficient (Wildman–Crippen LogP) is -0.898.